The second-order valence-corrected chi connectivity index (χ2v) is 4.16. The lowest BCUT2D eigenvalue weighted by Crippen LogP contribution is -2.36. The number of carbonyl (C=O) groups is 1. The van der Waals surface area contributed by atoms with E-state index in [1.54, 1.807) is 7.05 Å². The smallest absolute Gasteiger partial charge is 0.285 e. The third kappa shape index (κ3) is 2.15. The van der Waals surface area contributed by atoms with Crippen molar-refractivity contribution in [2.24, 2.45) is 0 Å². The normalized spacial score (nSPS) is 15.3. The van der Waals surface area contributed by atoms with Crippen LogP contribution in [0.2, 0.25) is 0 Å². The van der Waals surface area contributed by atoms with Crippen LogP contribution in [0.5, 0.6) is 5.75 Å². The molecule has 0 fully saturated rings. The largest absolute Gasteiger partial charge is 0.482 e. The molecule has 0 bridgehead atoms. The molecule has 0 radical (unpaired) electrons. The molecular formula is C12H14F2N2O2. The monoisotopic (exact) mass is 256 g/mol. The van der Waals surface area contributed by atoms with Crippen LogP contribution in [0.25, 0.3) is 0 Å². The fourth-order valence-corrected chi connectivity index (χ4v) is 1.82. The van der Waals surface area contributed by atoms with Gasteiger partial charge in [-0.3, -0.25) is 4.79 Å². The van der Waals surface area contributed by atoms with Crippen LogP contribution in [0.1, 0.15) is 5.56 Å². The molecule has 0 spiro atoms. The number of anilines is 1. The van der Waals surface area contributed by atoms with Gasteiger partial charge in [-0.1, -0.05) is 0 Å². The first-order chi connectivity index (χ1) is 8.45. The number of benzene rings is 1. The lowest BCUT2D eigenvalue weighted by atomic mass is 10.1. The number of ether oxygens (including phenoxy) is 1. The van der Waals surface area contributed by atoms with Crippen molar-refractivity contribution in [3.8, 4) is 5.75 Å². The number of likely N-dealkylation sites (N-methyl/N-ethyl adjacent to an activating group) is 2. The van der Waals surface area contributed by atoms with E-state index in [0.29, 0.717) is 11.4 Å². The minimum absolute atomic E-state index is 0.0598. The molecule has 1 aliphatic rings. The highest BCUT2D eigenvalue weighted by Crippen LogP contribution is 2.36. The standard InChI is InChI=1S/C12H14F2N2O2/c1-15-7-12(13,14)8-3-4-10-9(5-8)16(2)11(17)6-18-10/h3-5,15H,6-7H2,1-2H3. The fraction of sp³-hybridized carbons (Fsp3) is 0.417. The molecule has 0 atom stereocenters. The topological polar surface area (TPSA) is 41.6 Å². The summed E-state index contributed by atoms with van der Waals surface area (Å²) in [6, 6.07) is 4.08. The molecule has 2 rings (SSSR count). The molecule has 0 aromatic heterocycles. The van der Waals surface area contributed by atoms with Gasteiger partial charge in [-0.25, -0.2) is 0 Å². The van der Waals surface area contributed by atoms with E-state index in [9.17, 15) is 13.6 Å². The van der Waals surface area contributed by atoms with Crippen molar-refractivity contribution in [2.75, 3.05) is 32.1 Å². The maximum Gasteiger partial charge on any atom is 0.285 e. The van der Waals surface area contributed by atoms with Crippen LogP contribution in [0, 0.1) is 0 Å². The minimum atomic E-state index is -2.98. The van der Waals surface area contributed by atoms with Gasteiger partial charge >= 0.3 is 0 Å². The molecule has 0 saturated heterocycles. The zero-order valence-electron chi connectivity index (χ0n) is 10.2. The number of halogens is 2. The van der Waals surface area contributed by atoms with Crippen LogP contribution in [-0.2, 0) is 10.7 Å². The Morgan fingerprint density at radius 3 is 2.89 bits per heavy atom. The number of hydrogen-bond donors (Lipinski definition) is 1. The van der Waals surface area contributed by atoms with Crippen molar-refractivity contribution >= 4 is 11.6 Å². The van der Waals surface area contributed by atoms with E-state index in [2.05, 4.69) is 5.32 Å². The van der Waals surface area contributed by atoms with E-state index in [0.717, 1.165) is 0 Å². The first-order valence-corrected chi connectivity index (χ1v) is 5.52. The van der Waals surface area contributed by atoms with E-state index in [4.69, 9.17) is 4.74 Å². The van der Waals surface area contributed by atoms with Gasteiger partial charge in [0.2, 0.25) is 0 Å². The number of amides is 1. The summed E-state index contributed by atoms with van der Waals surface area (Å²) in [6.07, 6.45) is 0. The molecule has 0 saturated carbocycles. The molecule has 98 valence electrons. The maximum absolute atomic E-state index is 13.7. The number of carbonyl (C=O) groups excluding carboxylic acids is 1. The van der Waals surface area contributed by atoms with Gasteiger partial charge in [-0.2, -0.15) is 8.78 Å². The van der Waals surface area contributed by atoms with Gasteiger partial charge in [-0.05, 0) is 25.2 Å². The number of rotatable bonds is 3. The van der Waals surface area contributed by atoms with Crippen molar-refractivity contribution < 1.29 is 18.3 Å². The van der Waals surface area contributed by atoms with Crippen LogP contribution < -0.4 is 15.0 Å². The van der Waals surface area contributed by atoms with E-state index in [1.165, 1.54) is 30.1 Å². The molecular weight excluding hydrogens is 242 g/mol. The Morgan fingerprint density at radius 1 is 1.50 bits per heavy atom. The van der Waals surface area contributed by atoms with Crippen molar-refractivity contribution in [3.05, 3.63) is 23.8 Å². The molecule has 1 amide bonds. The number of alkyl halides is 2. The van der Waals surface area contributed by atoms with Gasteiger partial charge < -0.3 is 15.0 Å². The second-order valence-electron chi connectivity index (χ2n) is 4.16. The van der Waals surface area contributed by atoms with Gasteiger partial charge in [0.1, 0.15) is 5.75 Å². The molecule has 18 heavy (non-hydrogen) atoms. The zero-order chi connectivity index (χ0) is 13.3. The third-order valence-electron chi connectivity index (χ3n) is 2.87. The Kier molecular flexibility index (Phi) is 3.21. The molecule has 4 nitrogen and oxygen atoms in total. The predicted molar refractivity (Wildman–Crippen MR) is 63.2 cm³/mol. The number of nitrogens with zero attached hydrogens (tertiary/aromatic N) is 1. The van der Waals surface area contributed by atoms with Crippen LogP contribution in [-0.4, -0.2) is 33.2 Å². The highest BCUT2D eigenvalue weighted by Gasteiger charge is 2.33. The quantitative estimate of drug-likeness (QED) is 0.887. The Hall–Kier alpha value is -1.69. The number of fused-ring (bicyclic) bond motifs is 1. The number of nitrogens with one attached hydrogen (secondary N) is 1. The van der Waals surface area contributed by atoms with Gasteiger partial charge in [0, 0.05) is 12.6 Å². The van der Waals surface area contributed by atoms with E-state index in [1.807, 2.05) is 0 Å². The van der Waals surface area contributed by atoms with Gasteiger partial charge in [0.25, 0.3) is 11.8 Å². The Balaban J connectivity index is 2.40. The summed E-state index contributed by atoms with van der Waals surface area (Å²) in [7, 11) is 3.01. The Labute approximate surface area is 104 Å². The van der Waals surface area contributed by atoms with E-state index >= 15 is 0 Å². The minimum Gasteiger partial charge on any atom is -0.482 e. The second kappa shape index (κ2) is 4.53. The van der Waals surface area contributed by atoms with Gasteiger partial charge in [0.15, 0.2) is 6.61 Å². The van der Waals surface area contributed by atoms with Crippen LogP contribution in [0.4, 0.5) is 14.5 Å². The fourth-order valence-electron chi connectivity index (χ4n) is 1.82. The third-order valence-corrected chi connectivity index (χ3v) is 2.87. The summed E-state index contributed by atoms with van der Waals surface area (Å²) in [5, 5.41) is 2.44. The molecule has 1 N–H and O–H groups in total. The number of hydrogen-bond acceptors (Lipinski definition) is 3. The first-order valence-electron chi connectivity index (χ1n) is 5.52. The molecule has 1 aliphatic heterocycles. The van der Waals surface area contributed by atoms with E-state index in [-0.39, 0.29) is 18.1 Å². The van der Waals surface area contributed by atoms with Crippen LogP contribution in [0.15, 0.2) is 18.2 Å². The highest BCUT2D eigenvalue weighted by molar-refractivity contribution is 5.97. The summed E-state index contributed by atoms with van der Waals surface area (Å²) >= 11 is 0. The average Bonchev–Trinajstić information content (AvgIpc) is 2.33. The SMILES string of the molecule is CNCC(F)(F)c1ccc2c(c1)N(C)C(=O)CO2. The van der Waals surface area contributed by atoms with Gasteiger partial charge in [0.05, 0.1) is 12.2 Å². The lowest BCUT2D eigenvalue weighted by Gasteiger charge is -2.27. The summed E-state index contributed by atoms with van der Waals surface area (Å²) in [6.45, 7) is -0.514. The first kappa shape index (κ1) is 12.8. The summed E-state index contributed by atoms with van der Waals surface area (Å²) in [4.78, 5) is 12.8. The maximum atomic E-state index is 13.7. The summed E-state index contributed by atoms with van der Waals surface area (Å²) in [5.74, 6) is -2.79. The summed E-state index contributed by atoms with van der Waals surface area (Å²) in [5.41, 5.74) is 0.236. The van der Waals surface area contributed by atoms with Crippen molar-refractivity contribution in [2.45, 2.75) is 5.92 Å². The zero-order valence-corrected chi connectivity index (χ0v) is 10.2. The predicted octanol–water partition coefficient (Wildman–Crippen LogP) is 1.35. The average molecular weight is 256 g/mol. The lowest BCUT2D eigenvalue weighted by molar-refractivity contribution is -0.121. The molecule has 0 aliphatic carbocycles. The molecule has 6 heteroatoms. The van der Waals surface area contributed by atoms with E-state index < -0.39 is 12.5 Å². The molecule has 0 unspecified atom stereocenters. The Bertz CT molecular complexity index is 477. The van der Waals surface area contributed by atoms with Crippen molar-refractivity contribution in [1.82, 2.24) is 5.32 Å². The van der Waals surface area contributed by atoms with Crippen LogP contribution >= 0.6 is 0 Å². The Morgan fingerprint density at radius 2 is 2.22 bits per heavy atom. The van der Waals surface area contributed by atoms with Crippen molar-refractivity contribution in [3.63, 3.8) is 0 Å². The van der Waals surface area contributed by atoms with Crippen LogP contribution in [0.3, 0.4) is 0 Å². The summed E-state index contributed by atoms with van der Waals surface area (Å²) < 4.78 is 32.7. The molecule has 1 heterocycles. The highest BCUT2D eigenvalue weighted by atomic mass is 19.3. The van der Waals surface area contributed by atoms with Crippen molar-refractivity contribution in [1.29, 1.82) is 0 Å². The molecule has 1 aromatic carbocycles. The molecule has 1 aromatic rings. The van der Waals surface area contributed by atoms with Gasteiger partial charge in [-0.15, -0.1) is 0 Å².